The zero-order valence-electron chi connectivity index (χ0n) is 21.7. The number of hydrogen-bond donors (Lipinski definition) is 1. The maximum Gasteiger partial charge on any atom is 0.295 e. The number of carbonyl (C=O) groups excluding carboxylic acids is 2. The number of aryl methyl sites for hydroxylation is 1. The van der Waals surface area contributed by atoms with Crippen LogP contribution in [0.3, 0.4) is 0 Å². The Morgan fingerprint density at radius 2 is 1.82 bits per heavy atom. The third kappa shape index (κ3) is 5.29. The number of rotatable bonds is 8. The van der Waals surface area contributed by atoms with Crippen molar-refractivity contribution in [1.82, 2.24) is 9.80 Å². The minimum absolute atomic E-state index is 0.100. The summed E-state index contributed by atoms with van der Waals surface area (Å²) < 4.78 is 11.6. The topological polar surface area (TPSA) is 79.3 Å². The average Bonchev–Trinajstić information content (AvgIpc) is 3.20. The van der Waals surface area contributed by atoms with Crippen LogP contribution in [0.1, 0.15) is 34.7 Å². The van der Waals surface area contributed by atoms with E-state index in [0.29, 0.717) is 37.6 Å². The molecule has 0 aliphatic carbocycles. The Bertz CT molecular complexity index is 1350. The number of likely N-dealkylation sites (N-methyl/N-ethyl adjacent to an activating group) is 1. The first-order chi connectivity index (χ1) is 18.4. The average molecular weight is 513 g/mol. The summed E-state index contributed by atoms with van der Waals surface area (Å²) in [5.41, 5.74) is 3.39. The van der Waals surface area contributed by atoms with Crippen LogP contribution in [-0.4, -0.2) is 60.4 Å². The zero-order chi connectivity index (χ0) is 26.6. The summed E-state index contributed by atoms with van der Waals surface area (Å²) in [7, 11) is 3.83. The lowest BCUT2D eigenvalue weighted by Gasteiger charge is -2.27. The number of nitrogens with zero attached hydrogens (tertiary/aromatic N) is 2. The number of aliphatic hydroxyl groups excluding tert-OH is 1. The Morgan fingerprint density at radius 3 is 2.55 bits per heavy atom. The van der Waals surface area contributed by atoms with Gasteiger partial charge in [-0.3, -0.25) is 9.59 Å². The molecule has 2 aliphatic heterocycles. The number of carbonyl (C=O) groups is 2. The number of hydrogen-bond acceptors (Lipinski definition) is 6. The van der Waals surface area contributed by atoms with Crippen molar-refractivity contribution >= 4 is 17.4 Å². The monoisotopic (exact) mass is 512 g/mol. The van der Waals surface area contributed by atoms with E-state index in [1.807, 2.05) is 85.7 Å². The number of amides is 1. The van der Waals surface area contributed by atoms with Gasteiger partial charge in [0.25, 0.3) is 11.7 Å². The highest BCUT2D eigenvalue weighted by atomic mass is 16.5. The van der Waals surface area contributed by atoms with Crippen molar-refractivity contribution in [3.8, 4) is 11.5 Å². The predicted octanol–water partition coefficient (Wildman–Crippen LogP) is 4.57. The van der Waals surface area contributed by atoms with Crippen molar-refractivity contribution in [3.63, 3.8) is 0 Å². The fourth-order valence-corrected chi connectivity index (χ4v) is 4.92. The zero-order valence-corrected chi connectivity index (χ0v) is 21.7. The van der Waals surface area contributed by atoms with Gasteiger partial charge in [0.1, 0.15) is 23.9 Å². The normalized spacial score (nSPS) is 18.4. The smallest absolute Gasteiger partial charge is 0.295 e. The molecule has 1 saturated heterocycles. The third-order valence-electron chi connectivity index (χ3n) is 6.95. The standard InChI is InChI=1S/C31H32N2O5/c1-32(2)16-17-33-28(22-10-13-25(14-11-22)38-20-21-7-4-3-5-8-21)27(30(35)31(33)36)29(34)24-12-15-26-23(19-24)9-6-18-37-26/h3-5,7-8,10-15,19,28,34H,6,9,16-18,20H2,1-2H3/b29-27-. The fraction of sp³-hybridized carbons (Fsp3) is 0.290. The van der Waals surface area contributed by atoms with Crippen LogP contribution in [-0.2, 0) is 22.6 Å². The molecule has 1 amide bonds. The summed E-state index contributed by atoms with van der Waals surface area (Å²) >= 11 is 0. The second kappa shape index (κ2) is 11.1. The van der Waals surface area contributed by atoms with E-state index in [4.69, 9.17) is 9.47 Å². The van der Waals surface area contributed by atoms with Crippen LogP contribution in [0.4, 0.5) is 0 Å². The molecule has 1 atom stereocenters. The van der Waals surface area contributed by atoms with Gasteiger partial charge in [-0.25, -0.2) is 0 Å². The first-order valence-electron chi connectivity index (χ1n) is 12.9. The Balaban J connectivity index is 1.49. The molecule has 2 heterocycles. The molecule has 1 fully saturated rings. The van der Waals surface area contributed by atoms with Gasteiger partial charge in [-0.2, -0.15) is 0 Å². The second-order valence-electron chi connectivity index (χ2n) is 9.91. The van der Waals surface area contributed by atoms with Crippen molar-refractivity contribution in [3.05, 3.63) is 101 Å². The number of ether oxygens (including phenoxy) is 2. The minimum Gasteiger partial charge on any atom is -0.507 e. The van der Waals surface area contributed by atoms with Crippen LogP contribution < -0.4 is 9.47 Å². The fourth-order valence-electron chi connectivity index (χ4n) is 4.92. The van der Waals surface area contributed by atoms with Crippen molar-refractivity contribution in [1.29, 1.82) is 0 Å². The molecule has 196 valence electrons. The van der Waals surface area contributed by atoms with Crippen molar-refractivity contribution in [2.45, 2.75) is 25.5 Å². The molecule has 1 unspecified atom stereocenters. The first kappa shape index (κ1) is 25.5. The summed E-state index contributed by atoms with van der Waals surface area (Å²) in [4.78, 5) is 30.0. The van der Waals surface area contributed by atoms with E-state index < -0.39 is 17.7 Å². The molecule has 2 aliphatic rings. The summed E-state index contributed by atoms with van der Waals surface area (Å²) in [6.45, 7) is 2.03. The molecule has 1 N–H and O–H groups in total. The van der Waals surface area contributed by atoms with E-state index in [1.54, 1.807) is 11.0 Å². The van der Waals surface area contributed by atoms with E-state index >= 15 is 0 Å². The Morgan fingerprint density at radius 1 is 1.05 bits per heavy atom. The second-order valence-corrected chi connectivity index (χ2v) is 9.91. The number of benzene rings is 3. The van der Waals surface area contributed by atoms with Gasteiger partial charge in [0.2, 0.25) is 0 Å². The highest BCUT2D eigenvalue weighted by Gasteiger charge is 2.46. The van der Waals surface area contributed by atoms with Crippen molar-refractivity contribution in [2.24, 2.45) is 0 Å². The van der Waals surface area contributed by atoms with Gasteiger partial charge in [-0.15, -0.1) is 0 Å². The maximum absolute atomic E-state index is 13.3. The molecule has 0 aromatic heterocycles. The molecule has 3 aromatic rings. The SMILES string of the molecule is CN(C)CCN1C(=O)C(=O)/C(=C(\O)c2ccc3c(c2)CCCO3)C1c1ccc(OCc2ccccc2)cc1. The number of fused-ring (bicyclic) bond motifs is 1. The van der Waals surface area contributed by atoms with E-state index in [-0.39, 0.29) is 11.3 Å². The molecule has 7 nitrogen and oxygen atoms in total. The van der Waals surface area contributed by atoms with E-state index in [9.17, 15) is 14.7 Å². The highest BCUT2D eigenvalue weighted by Crippen LogP contribution is 2.40. The van der Waals surface area contributed by atoms with Gasteiger partial charge in [-0.05, 0) is 74.0 Å². The van der Waals surface area contributed by atoms with Crippen molar-refractivity contribution in [2.75, 3.05) is 33.8 Å². The number of likely N-dealkylation sites (tertiary alicyclic amines) is 1. The molecule has 0 radical (unpaired) electrons. The third-order valence-corrected chi connectivity index (χ3v) is 6.95. The molecular formula is C31H32N2O5. The van der Waals surface area contributed by atoms with Crippen LogP contribution in [0.25, 0.3) is 5.76 Å². The lowest BCUT2D eigenvalue weighted by Crippen LogP contribution is -2.35. The lowest BCUT2D eigenvalue weighted by molar-refractivity contribution is -0.140. The number of aliphatic hydroxyl groups is 1. The summed E-state index contributed by atoms with van der Waals surface area (Å²) in [5, 5.41) is 11.4. The highest BCUT2D eigenvalue weighted by molar-refractivity contribution is 6.46. The van der Waals surface area contributed by atoms with Gasteiger partial charge in [0.05, 0.1) is 18.2 Å². The molecule has 0 bridgehead atoms. The largest absolute Gasteiger partial charge is 0.507 e. The Kier molecular flexibility index (Phi) is 7.47. The molecule has 0 saturated carbocycles. The lowest BCUT2D eigenvalue weighted by atomic mass is 9.94. The number of Topliss-reactive ketones (excluding diaryl/α,β-unsaturated/α-hetero) is 1. The van der Waals surface area contributed by atoms with Crippen LogP contribution in [0, 0.1) is 0 Å². The van der Waals surface area contributed by atoms with E-state index in [0.717, 1.165) is 35.3 Å². The quantitative estimate of drug-likeness (QED) is 0.271. The maximum atomic E-state index is 13.3. The molecule has 7 heteroatoms. The van der Waals surface area contributed by atoms with E-state index in [2.05, 4.69) is 0 Å². The van der Waals surface area contributed by atoms with Crippen LogP contribution in [0.2, 0.25) is 0 Å². The van der Waals surface area contributed by atoms with Crippen molar-refractivity contribution < 1.29 is 24.2 Å². The van der Waals surface area contributed by atoms with Crippen LogP contribution >= 0.6 is 0 Å². The number of ketones is 1. The minimum atomic E-state index is -0.703. The summed E-state index contributed by atoms with van der Waals surface area (Å²) in [6.07, 6.45) is 1.73. The summed E-state index contributed by atoms with van der Waals surface area (Å²) in [6, 6.07) is 22.0. The van der Waals surface area contributed by atoms with Gasteiger partial charge in [0.15, 0.2) is 0 Å². The van der Waals surface area contributed by atoms with Gasteiger partial charge >= 0.3 is 0 Å². The summed E-state index contributed by atoms with van der Waals surface area (Å²) in [5.74, 6) is 0.0200. The first-order valence-corrected chi connectivity index (χ1v) is 12.9. The van der Waals surface area contributed by atoms with Gasteiger partial charge < -0.3 is 24.4 Å². The van der Waals surface area contributed by atoms with Gasteiger partial charge in [-0.1, -0.05) is 42.5 Å². The Labute approximate surface area is 222 Å². The molecule has 3 aromatic carbocycles. The predicted molar refractivity (Wildman–Crippen MR) is 145 cm³/mol. The molecule has 38 heavy (non-hydrogen) atoms. The van der Waals surface area contributed by atoms with E-state index in [1.165, 1.54) is 0 Å². The van der Waals surface area contributed by atoms with Gasteiger partial charge in [0, 0.05) is 18.7 Å². The molecular weight excluding hydrogens is 480 g/mol. The Hall–Kier alpha value is -4.10. The molecule has 0 spiro atoms. The molecule has 5 rings (SSSR count). The van der Waals surface area contributed by atoms with Crippen LogP contribution in [0.5, 0.6) is 11.5 Å². The van der Waals surface area contributed by atoms with Crippen LogP contribution in [0.15, 0.2) is 78.4 Å².